The lowest BCUT2D eigenvalue weighted by Gasteiger charge is -2.34. The van der Waals surface area contributed by atoms with Gasteiger partial charge in [0.1, 0.15) is 11.4 Å². The van der Waals surface area contributed by atoms with Crippen molar-refractivity contribution in [3.63, 3.8) is 0 Å². The van der Waals surface area contributed by atoms with Gasteiger partial charge in [-0.25, -0.2) is 4.79 Å². The van der Waals surface area contributed by atoms with E-state index in [9.17, 15) is 14.4 Å². The first-order valence-corrected chi connectivity index (χ1v) is 16.4. The van der Waals surface area contributed by atoms with E-state index in [-0.39, 0.29) is 49.1 Å². The molecule has 1 saturated carbocycles. The molecular formula is C34H30BrClN6O5. The lowest BCUT2D eigenvalue weighted by atomic mass is 10.1. The number of hydrogen-bond donors (Lipinski definition) is 1. The van der Waals surface area contributed by atoms with E-state index in [1.165, 1.54) is 4.57 Å². The predicted molar refractivity (Wildman–Crippen MR) is 178 cm³/mol. The van der Waals surface area contributed by atoms with Crippen molar-refractivity contribution in [2.45, 2.75) is 58.5 Å². The Kier molecular flexibility index (Phi) is 8.23. The number of rotatable bonds is 8. The summed E-state index contributed by atoms with van der Waals surface area (Å²) >= 11 is 9.68. The monoisotopic (exact) mass is 716 g/mol. The molecular weight excluding hydrogens is 688 g/mol. The topological polar surface area (TPSA) is 124 Å². The second-order valence-corrected chi connectivity index (χ2v) is 13.0. The first-order valence-electron chi connectivity index (χ1n) is 15.2. The van der Waals surface area contributed by atoms with E-state index < -0.39 is 5.91 Å². The molecule has 2 aromatic heterocycles. The second-order valence-electron chi connectivity index (χ2n) is 11.7. The van der Waals surface area contributed by atoms with Crippen LogP contribution in [0.25, 0.3) is 17.1 Å². The molecule has 7 rings (SSSR count). The van der Waals surface area contributed by atoms with Crippen molar-refractivity contribution in [1.29, 1.82) is 0 Å². The Hall–Kier alpha value is -4.68. The molecule has 0 radical (unpaired) electrons. The van der Waals surface area contributed by atoms with Crippen LogP contribution in [0.5, 0.6) is 5.75 Å². The number of carbonyl (C=O) groups excluding carboxylic acids is 2. The molecule has 240 valence electrons. The average molecular weight is 718 g/mol. The van der Waals surface area contributed by atoms with Gasteiger partial charge in [0.15, 0.2) is 0 Å². The molecule has 1 aliphatic carbocycles. The van der Waals surface area contributed by atoms with E-state index in [1.54, 1.807) is 58.9 Å². The van der Waals surface area contributed by atoms with Gasteiger partial charge in [-0.15, -0.1) is 10.2 Å². The zero-order valence-electron chi connectivity index (χ0n) is 25.6. The van der Waals surface area contributed by atoms with E-state index in [0.717, 1.165) is 18.4 Å². The minimum atomic E-state index is -0.473. The number of hydrogen-bond acceptors (Lipinski definition) is 7. The minimum Gasteiger partial charge on any atom is -0.490 e. The van der Waals surface area contributed by atoms with Gasteiger partial charge in [-0.3, -0.25) is 18.7 Å². The van der Waals surface area contributed by atoms with Gasteiger partial charge < -0.3 is 19.4 Å². The van der Waals surface area contributed by atoms with Crippen molar-refractivity contribution in [3.8, 4) is 22.9 Å². The van der Waals surface area contributed by atoms with Gasteiger partial charge in [-0.2, -0.15) is 0 Å². The molecule has 47 heavy (non-hydrogen) atoms. The third-order valence-corrected chi connectivity index (χ3v) is 9.55. The van der Waals surface area contributed by atoms with Gasteiger partial charge in [0.05, 0.1) is 29.1 Å². The van der Waals surface area contributed by atoms with Crippen LogP contribution in [0.15, 0.2) is 80.4 Å². The van der Waals surface area contributed by atoms with Crippen molar-refractivity contribution < 1.29 is 18.7 Å². The Balaban J connectivity index is 1.26. The highest BCUT2D eigenvalue weighted by atomic mass is 79.9. The predicted octanol–water partition coefficient (Wildman–Crippen LogP) is 5.93. The summed E-state index contributed by atoms with van der Waals surface area (Å²) in [5, 5.41) is 11.5. The molecule has 0 bridgehead atoms. The molecule has 3 heterocycles. The van der Waals surface area contributed by atoms with E-state index in [4.69, 9.17) is 20.8 Å². The number of nitrogens with one attached hydrogen (secondary N) is 1. The zero-order valence-corrected chi connectivity index (χ0v) is 27.9. The summed E-state index contributed by atoms with van der Waals surface area (Å²) < 4.78 is 15.2. The van der Waals surface area contributed by atoms with Crippen molar-refractivity contribution in [2.24, 2.45) is 0 Å². The molecule has 5 aromatic rings. The molecule has 1 fully saturated rings. The lowest BCUT2D eigenvalue weighted by Crippen LogP contribution is -2.47. The fourth-order valence-corrected chi connectivity index (χ4v) is 6.18. The third-order valence-electron chi connectivity index (χ3n) is 8.32. The summed E-state index contributed by atoms with van der Waals surface area (Å²) in [5.41, 5.74) is 2.58. The number of aromatic nitrogens is 4. The Morgan fingerprint density at radius 1 is 1.09 bits per heavy atom. The quantitative estimate of drug-likeness (QED) is 0.211. The zero-order chi connectivity index (χ0) is 32.8. The summed E-state index contributed by atoms with van der Waals surface area (Å²) in [6, 6.07) is 19.2. The number of nitrogens with zero attached hydrogens (tertiary/aromatic N) is 5. The highest BCUT2D eigenvalue weighted by Crippen LogP contribution is 2.30. The van der Waals surface area contributed by atoms with Gasteiger partial charge in [-0.05, 0) is 89.8 Å². The Bertz CT molecular complexity index is 2070. The molecule has 2 aliphatic rings. The number of fused-ring (bicyclic) bond motifs is 1. The Morgan fingerprint density at radius 3 is 2.55 bits per heavy atom. The number of ether oxygens (including phenoxy) is 1. The van der Waals surface area contributed by atoms with Gasteiger partial charge >= 0.3 is 5.69 Å². The fourth-order valence-electron chi connectivity index (χ4n) is 5.76. The van der Waals surface area contributed by atoms with Crippen LogP contribution in [0.1, 0.15) is 57.8 Å². The smallest absolute Gasteiger partial charge is 0.333 e. The molecule has 0 saturated heterocycles. The first kappa shape index (κ1) is 30.9. The summed E-state index contributed by atoms with van der Waals surface area (Å²) in [6.45, 7) is 3.96. The number of benzene rings is 3. The average Bonchev–Trinajstić information content (AvgIpc) is 3.71. The van der Waals surface area contributed by atoms with Crippen molar-refractivity contribution in [1.82, 2.24) is 29.5 Å². The maximum Gasteiger partial charge on any atom is 0.333 e. The van der Waals surface area contributed by atoms with Crippen LogP contribution >= 0.6 is 27.5 Å². The molecule has 11 nitrogen and oxygen atoms in total. The number of aryl methyl sites for hydroxylation is 1. The number of imidazole rings is 1. The molecule has 0 spiro atoms. The number of halogens is 2. The van der Waals surface area contributed by atoms with Crippen LogP contribution in [-0.2, 0) is 19.6 Å². The van der Waals surface area contributed by atoms with Gasteiger partial charge in [0.2, 0.25) is 11.8 Å². The van der Waals surface area contributed by atoms with Crippen LogP contribution < -0.4 is 15.7 Å². The SMILES string of the molecule is Cc1nnc(-c2ccccc2CNC(=O)c2c3n(c(=O)n2-c2ccc(OC4CC4)cc2)CC(C)N(C(=O)c2ccc(Br)c(Cl)c2)C3)o1. The molecule has 1 aliphatic heterocycles. The van der Waals surface area contributed by atoms with Crippen LogP contribution in [0.3, 0.4) is 0 Å². The number of amides is 2. The van der Waals surface area contributed by atoms with E-state index in [0.29, 0.717) is 49.5 Å². The van der Waals surface area contributed by atoms with Crippen molar-refractivity contribution in [3.05, 3.63) is 115 Å². The van der Waals surface area contributed by atoms with Gasteiger partial charge in [0.25, 0.3) is 11.8 Å². The van der Waals surface area contributed by atoms with E-state index in [1.807, 2.05) is 31.2 Å². The number of carbonyl (C=O) groups is 2. The maximum atomic E-state index is 14.2. The largest absolute Gasteiger partial charge is 0.490 e. The van der Waals surface area contributed by atoms with E-state index in [2.05, 4.69) is 31.4 Å². The Morgan fingerprint density at radius 2 is 1.85 bits per heavy atom. The van der Waals surface area contributed by atoms with Crippen LogP contribution in [0.4, 0.5) is 0 Å². The van der Waals surface area contributed by atoms with Gasteiger partial charge in [-0.1, -0.05) is 29.8 Å². The molecule has 2 amide bonds. The summed E-state index contributed by atoms with van der Waals surface area (Å²) in [5.74, 6) is 0.742. The molecule has 1 unspecified atom stereocenters. The highest BCUT2D eigenvalue weighted by molar-refractivity contribution is 9.10. The van der Waals surface area contributed by atoms with Crippen molar-refractivity contribution >= 4 is 39.3 Å². The van der Waals surface area contributed by atoms with Gasteiger partial charge in [0, 0.05) is 41.7 Å². The van der Waals surface area contributed by atoms with Crippen molar-refractivity contribution in [2.75, 3.05) is 0 Å². The van der Waals surface area contributed by atoms with Crippen LogP contribution in [0, 0.1) is 6.92 Å². The minimum absolute atomic E-state index is 0.0411. The molecule has 13 heteroatoms. The maximum absolute atomic E-state index is 14.2. The molecule has 3 aromatic carbocycles. The first-order chi connectivity index (χ1) is 22.7. The fraction of sp³-hybridized carbons (Fsp3) is 0.265. The summed E-state index contributed by atoms with van der Waals surface area (Å²) in [6.07, 6.45) is 2.26. The normalized spacial score (nSPS) is 15.7. The highest BCUT2D eigenvalue weighted by Gasteiger charge is 2.35. The second kappa shape index (κ2) is 12.5. The van der Waals surface area contributed by atoms with Crippen LogP contribution in [-0.4, -0.2) is 48.2 Å². The third kappa shape index (κ3) is 6.10. The summed E-state index contributed by atoms with van der Waals surface area (Å²) in [4.78, 5) is 43.7. The summed E-state index contributed by atoms with van der Waals surface area (Å²) in [7, 11) is 0. The standard InChI is InChI=1S/C34H30BrClN6O5/c1-19-17-41-29(18-40(19)33(44)21-7-14-27(35)28(36)15-21)30(42(34(41)45)23-8-10-24(11-9-23)47-25-12-13-25)31(43)37-16-22-5-3-4-6-26(22)32-39-38-20(2)46-32/h3-11,14-15,19,25H,12-13,16-18H2,1-2H3,(H,37,43). The Labute approximate surface area is 283 Å². The van der Waals surface area contributed by atoms with Crippen LogP contribution in [0.2, 0.25) is 5.02 Å². The van der Waals surface area contributed by atoms with E-state index >= 15 is 0 Å². The molecule has 1 N–H and O–H groups in total. The lowest BCUT2D eigenvalue weighted by molar-refractivity contribution is 0.0610. The molecule has 1 atom stereocenters.